The van der Waals surface area contributed by atoms with Gasteiger partial charge in [0.15, 0.2) is 0 Å². The fourth-order valence-electron chi connectivity index (χ4n) is 3.08. The van der Waals surface area contributed by atoms with Gasteiger partial charge in [0.05, 0.1) is 16.1 Å². The topological polar surface area (TPSA) is 86.7 Å². The number of nitrogens with zero attached hydrogens (tertiary/aromatic N) is 1. The molecule has 138 valence electrons. The Morgan fingerprint density at radius 3 is 2.35 bits per heavy atom. The van der Waals surface area contributed by atoms with Crippen molar-refractivity contribution in [2.24, 2.45) is 0 Å². The maximum absolute atomic E-state index is 12.6. The molecule has 0 spiro atoms. The van der Waals surface area contributed by atoms with Crippen LogP contribution in [0.15, 0.2) is 47.4 Å². The molecule has 1 aliphatic rings. The number of rotatable bonds is 6. The summed E-state index contributed by atoms with van der Waals surface area (Å²) in [4.78, 5) is 13.9. The van der Waals surface area contributed by atoms with Crippen LogP contribution >= 0.6 is 0 Å². The molecule has 0 saturated carbocycles. The zero-order valence-corrected chi connectivity index (χ0v) is 15.4. The van der Waals surface area contributed by atoms with Crippen molar-refractivity contribution in [1.29, 1.82) is 0 Å². The molecule has 2 N–H and O–H groups in total. The zero-order valence-electron chi connectivity index (χ0n) is 14.6. The molecule has 3 rings (SSSR count). The summed E-state index contributed by atoms with van der Waals surface area (Å²) in [5.41, 5.74) is 1.85. The number of carboxylic acid groups (broad SMARTS) is 1. The largest absolute Gasteiger partial charge is 0.478 e. The molecule has 2 aromatic carbocycles. The Labute approximate surface area is 153 Å². The average molecular weight is 374 g/mol. The predicted molar refractivity (Wildman–Crippen MR) is 101 cm³/mol. The number of aryl methyl sites for hydroxylation is 1. The lowest BCUT2D eigenvalue weighted by molar-refractivity contribution is 0.0698. The maximum atomic E-state index is 12.6. The second-order valence-corrected chi connectivity index (χ2v) is 8.01. The first-order chi connectivity index (χ1) is 12.4. The van der Waals surface area contributed by atoms with Crippen LogP contribution in [0.3, 0.4) is 0 Å². The van der Waals surface area contributed by atoms with Gasteiger partial charge in [-0.3, -0.25) is 4.72 Å². The lowest BCUT2D eigenvalue weighted by Crippen LogP contribution is -2.19. The normalized spacial score (nSPS) is 14.4. The molecule has 1 heterocycles. The standard InChI is InChI=1S/C19H22N2O4S/c1-2-14-5-8-16(9-6-14)26(24,25)20-18-10-7-15(13-17(18)19(22)23)21-11-3-4-12-21/h5-10,13,20H,2-4,11-12H2,1H3,(H,22,23). The summed E-state index contributed by atoms with van der Waals surface area (Å²) in [6.45, 7) is 3.75. The molecule has 0 amide bonds. The van der Waals surface area contributed by atoms with E-state index in [1.54, 1.807) is 18.2 Å². The third-order valence-corrected chi connectivity index (χ3v) is 5.97. The van der Waals surface area contributed by atoms with Gasteiger partial charge in [-0.25, -0.2) is 13.2 Å². The fraction of sp³-hybridized carbons (Fsp3) is 0.316. The molecule has 7 heteroatoms. The average Bonchev–Trinajstić information content (AvgIpc) is 3.16. The summed E-state index contributed by atoms with van der Waals surface area (Å²) >= 11 is 0. The van der Waals surface area contributed by atoms with Gasteiger partial charge < -0.3 is 10.0 Å². The smallest absolute Gasteiger partial charge is 0.337 e. The number of aromatic carboxylic acids is 1. The Morgan fingerprint density at radius 2 is 1.77 bits per heavy atom. The third kappa shape index (κ3) is 3.83. The Bertz CT molecular complexity index is 902. The SMILES string of the molecule is CCc1ccc(S(=O)(=O)Nc2ccc(N3CCCC3)cc2C(=O)O)cc1. The highest BCUT2D eigenvalue weighted by Gasteiger charge is 2.21. The van der Waals surface area contributed by atoms with E-state index in [2.05, 4.69) is 9.62 Å². The highest BCUT2D eigenvalue weighted by atomic mass is 32.2. The monoisotopic (exact) mass is 374 g/mol. The van der Waals surface area contributed by atoms with Crippen molar-refractivity contribution < 1.29 is 18.3 Å². The van der Waals surface area contributed by atoms with E-state index in [1.165, 1.54) is 24.3 Å². The molecule has 0 bridgehead atoms. The Hall–Kier alpha value is -2.54. The van der Waals surface area contributed by atoms with Gasteiger partial charge in [0.2, 0.25) is 0 Å². The van der Waals surface area contributed by atoms with E-state index in [-0.39, 0.29) is 16.1 Å². The Kier molecular flexibility index (Phi) is 5.18. The quantitative estimate of drug-likeness (QED) is 0.810. The number of hydrogen-bond acceptors (Lipinski definition) is 4. The number of carboxylic acids is 1. The van der Waals surface area contributed by atoms with Crippen LogP contribution in [0.4, 0.5) is 11.4 Å². The van der Waals surface area contributed by atoms with Crippen molar-refractivity contribution in [3.8, 4) is 0 Å². The Morgan fingerprint density at radius 1 is 1.12 bits per heavy atom. The minimum absolute atomic E-state index is 0.0526. The number of hydrogen-bond donors (Lipinski definition) is 2. The molecule has 0 unspecified atom stereocenters. The number of nitrogens with one attached hydrogen (secondary N) is 1. The lowest BCUT2D eigenvalue weighted by atomic mass is 10.1. The van der Waals surface area contributed by atoms with Gasteiger partial charge in [-0.2, -0.15) is 0 Å². The second kappa shape index (κ2) is 7.37. The van der Waals surface area contributed by atoms with Crippen LogP contribution in [0.2, 0.25) is 0 Å². The van der Waals surface area contributed by atoms with Crippen molar-refractivity contribution in [3.05, 3.63) is 53.6 Å². The van der Waals surface area contributed by atoms with Crippen LogP contribution in [0, 0.1) is 0 Å². The fourth-order valence-corrected chi connectivity index (χ4v) is 4.16. The molecule has 0 atom stereocenters. The molecule has 0 aromatic heterocycles. The molecular weight excluding hydrogens is 352 g/mol. The molecule has 0 radical (unpaired) electrons. The predicted octanol–water partition coefficient (Wildman–Crippen LogP) is 3.35. The number of carbonyl (C=O) groups is 1. The number of sulfonamides is 1. The van der Waals surface area contributed by atoms with Crippen molar-refractivity contribution >= 4 is 27.4 Å². The van der Waals surface area contributed by atoms with E-state index < -0.39 is 16.0 Å². The summed E-state index contributed by atoms with van der Waals surface area (Å²) in [5, 5.41) is 9.52. The van der Waals surface area contributed by atoms with Crippen molar-refractivity contribution in [2.75, 3.05) is 22.7 Å². The molecule has 0 aliphatic carbocycles. The molecule has 6 nitrogen and oxygen atoms in total. The van der Waals surface area contributed by atoms with Crippen LogP contribution in [0.25, 0.3) is 0 Å². The minimum Gasteiger partial charge on any atom is -0.478 e. The summed E-state index contributed by atoms with van der Waals surface area (Å²) < 4.78 is 27.6. The Balaban J connectivity index is 1.91. The molecular formula is C19H22N2O4S. The van der Waals surface area contributed by atoms with Crippen molar-refractivity contribution in [1.82, 2.24) is 0 Å². The molecule has 1 fully saturated rings. The van der Waals surface area contributed by atoms with Gasteiger partial charge in [-0.15, -0.1) is 0 Å². The van der Waals surface area contributed by atoms with Crippen LogP contribution in [-0.2, 0) is 16.4 Å². The van der Waals surface area contributed by atoms with Gasteiger partial charge in [0.1, 0.15) is 0 Å². The molecule has 2 aromatic rings. The van der Waals surface area contributed by atoms with E-state index >= 15 is 0 Å². The van der Waals surface area contributed by atoms with E-state index in [4.69, 9.17) is 0 Å². The van der Waals surface area contributed by atoms with Crippen LogP contribution in [0.1, 0.15) is 35.7 Å². The van der Waals surface area contributed by atoms with E-state index in [0.717, 1.165) is 43.6 Å². The summed E-state index contributed by atoms with van der Waals surface area (Å²) in [7, 11) is -3.85. The number of anilines is 2. The van der Waals surface area contributed by atoms with Gasteiger partial charge in [-0.1, -0.05) is 19.1 Å². The van der Waals surface area contributed by atoms with Crippen LogP contribution < -0.4 is 9.62 Å². The van der Waals surface area contributed by atoms with Crippen LogP contribution in [-0.4, -0.2) is 32.6 Å². The van der Waals surface area contributed by atoms with E-state index in [1.807, 2.05) is 6.92 Å². The molecule has 26 heavy (non-hydrogen) atoms. The zero-order chi connectivity index (χ0) is 18.7. The summed E-state index contributed by atoms with van der Waals surface area (Å²) in [5.74, 6) is -1.16. The van der Waals surface area contributed by atoms with Crippen LogP contribution in [0.5, 0.6) is 0 Å². The van der Waals surface area contributed by atoms with E-state index in [0.29, 0.717) is 0 Å². The summed E-state index contributed by atoms with van der Waals surface area (Å²) in [6.07, 6.45) is 2.96. The lowest BCUT2D eigenvalue weighted by Gasteiger charge is -2.19. The highest BCUT2D eigenvalue weighted by molar-refractivity contribution is 7.92. The van der Waals surface area contributed by atoms with Gasteiger partial charge in [-0.05, 0) is 55.2 Å². The maximum Gasteiger partial charge on any atom is 0.337 e. The van der Waals surface area contributed by atoms with Gasteiger partial charge in [0.25, 0.3) is 10.0 Å². The van der Waals surface area contributed by atoms with E-state index in [9.17, 15) is 18.3 Å². The molecule has 1 saturated heterocycles. The third-order valence-electron chi connectivity index (χ3n) is 4.59. The molecule has 1 aliphatic heterocycles. The first kappa shape index (κ1) is 18.3. The summed E-state index contributed by atoms with van der Waals surface area (Å²) in [6, 6.07) is 11.4. The minimum atomic E-state index is -3.85. The first-order valence-electron chi connectivity index (χ1n) is 8.65. The highest BCUT2D eigenvalue weighted by Crippen LogP contribution is 2.28. The first-order valence-corrected chi connectivity index (χ1v) is 10.1. The van der Waals surface area contributed by atoms with Gasteiger partial charge in [0, 0.05) is 18.8 Å². The second-order valence-electron chi connectivity index (χ2n) is 6.33. The van der Waals surface area contributed by atoms with Gasteiger partial charge >= 0.3 is 5.97 Å². The number of benzene rings is 2. The van der Waals surface area contributed by atoms with Crippen molar-refractivity contribution in [3.63, 3.8) is 0 Å². The van der Waals surface area contributed by atoms with Crippen molar-refractivity contribution in [2.45, 2.75) is 31.1 Å².